The number of carbonyl (C=O) groups is 1. The van der Waals surface area contributed by atoms with Crippen molar-refractivity contribution in [3.05, 3.63) is 71.4 Å². The molecule has 140 valence electrons. The molecule has 0 aliphatic rings. The number of rotatable bonds is 5. The van der Waals surface area contributed by atoms with Crippen molar-refractivity contribution in [2.24, 2.45) is 0 Å². The Hall–Kier alpha value is -2.77. The first-order valence-corrected chi connectivity index (χ1v) is 9.89. The Morgan fingerprint density at radius 1 is 1.07 bits per heavy atom. The van der Waals surface area contributed by atoms with Gasteiger partial charge in [0.05, 0.1) is 16.0 Å². The van der Waals surface area contributed by atoms with E-state index in [4.69, 9.17) is 0 Å². The van der Waals surface area contributed by atoms with Crippen molar-refractivity contribution in [3.63, 3.8) is 0 Å². The van der Waals surface area contributed by atoms with E-state index in [1.54, 1.807) is 30.3 Å². The Morgan fingerprint density at radius 3 is 2.41 bits per heavy atom. The van der Waals surface area contributed by atoms with Gasteiger partial charge in [0.1, 0.15) is 0 Å². The van der Waals surface area contributed by atoms with Gasteiger partial charge in [0.25, 0.3) is 5.91 Å². The minimum Gasteiger partial charge on any atom is -0.348 e. The first-order chi connectivity index (χ1) is 12.8. The van der Waals surface area contributed by atoms with Gasteiger partial charge < -0.3 is 5.32 Å². The number of aryl methyl sites for hydroxylation is 1. The highest BCUT2D eigenvalue weighted by atomic mass is 32.2. The van der Waals surface area contributed by atoms with E-state index >= 15 is 0 Å². The summed E-state index contributed by atoms with van der Waals surface area (Å²) in [6, 6.07) is 15.8. The first kappa shape index (κ1) is 19.0. The molecule has 6 nitrogen and oxygen atoms in total. The molecule has 3 rings (SSSR count). The highest BCUT2D eigenvalue weighted by molar-refractivity contribution is 7.89. The Kier molecular flexibility index (Phi) is 5.25. The molecule has 0 unspecified atom stereocenters. The van der Waals surface area contributed by atoms with E-state index in [1.165, 1.54) is 18.4 Å². The van der Waals surface area contributed by atoms with Crippen LogP contribution in [0.5, 0.6) is 0 Å². The molecular weight excluding hydrogens is 362 g/mol. The maximum atomic E-state index is 12.7. The molecule has 1 heterocycles. The van der Waals surface area contributed by atoms with Crippen LogP contribution in [0.25, 0.3) is 10.9 Å². The second-order valence-corrected chi connectivity index (χ2v) is 8.59. The number of carbonyl (C=O) groups excluding carboxylic acids is 1. The minimum absolute atomic E-state index is 0.193. The summed E-state index contributed by atoms with van der Waals surface area (Å²) < 4.78 is 25.4. The molecule has 2 aromatic carbocycles. The van der Waals surface area contributed by atoms with Gasteiger partial charge in [-0.2, -0.15) is 0 Å². The van der Waals surface area contributed by atoms with Crippen molar-refractivity contribution in [1.82, 2.24) is 14.6 Å². The van der Waals surface area contributed by atoms with E-state index < -0.39 is 10.0 Å². The van der Waals surface area contributed by atoms with Gasteiger partial charge in [-0.05, 0) is 36.8 Å². The Bertz CT molecular complexity index is 1090. The van der Waals surface area contributed by atoms with Gasteiger partial charge in [-0.25, -0.2) is 12.7 Å². The second-order valence-electron chi connectivity index (χ2n) is 6.44. The second kappa shape index (κ2) is 7.46. The zero-order chi connectivity index (χ0) is 19.6. The predicted molar refractivity (Wildman–Crippen MR) is 105 cm³/mol. The third-order valence-corrected chi connectivity index (χ3v) is 6.07. The molecule has 0 aliphatic carbocycles. The van der Waals surface area contributed by atoms with Crippen molar-refractivity contribution in [3.8, 4) is 0 Å². The molecule has 0 fully saturated rings. The van der Waals surface area contributed by atoms with Gasteiger partial charge in [-0.1, -0.05) is 30.3 Å². The van der Waals surface area contributed by atoms with Gasteiger partial charge in [0.2, 0.25) is 10.0 Å². The molecular formula is C20H21N3O3S. The fourth-order valence-corrected chi connectivity index (χ4v) is 3.66. The van der Waals surface area contributed by atoms with Crippen LogP contribution in [0.15, 0.2) is 59.5 Å². The third kappa shape index (κ3) is 3.99. The zero-order valence-corrected chi connectivity index (χ0v) is 16.2. The average Bonchev–Trinajstić information content (AvgIpc) is 2.65. The van der Waals surface area contributed by atoms with E-state index in [2.05, 4.69) is 10.3 Å². The molecule has 3 aromatic rings. The largest absolute Gasteiger partial charge is 0.348 e. The molecule has 0 atom stereocenters. The molecule has 1 aromatic heterocycles. The van der Waals surface area contributed by atoms with E-state index in [1.807, 2.05) is 31.2 Å². The van der Waals surface area contributed by atoms with E-state index in [9.17, 15) is 13.2 Å². The van der Waals surface area contributed by atoms with Crippen LogP contribution in [0.1, 0.15) is 21.6 Å². The SMILES string of the molecule is Cc1cc(C(=O)NCc2ccc(S(=O)(=O)N(C)C)cc2)c2ccccc2n1. The topological polar surface area (TPSA) is 79.4 Å². The Balaban J connectivity index is 1.77. The molecule has 0 saturated heterocycles. The maximum Gasteiger partial charge on any atom is 0.252 e. The van der Waals surface area contributed by atoms with Crippen molar-refractivity contribution in [2.75, 3.05) is 14.1 Å². The fourth-order valence-electron chi connectivity index (χ4n) is 2.76. The summed E-state index contributed by atoms with van der Waals surface area (Å²) in [5.41, 5.74) is 2.94. The van der Waals surface area contributed by atoms with Crippen LogP contribution < -0.4 is 5.32 Å². The fraction of sp³-hybridized carbons (Fsp3) is 0.200. The number of hydrogen-bond donors (Lipinski definition) is 1. The first-order valence-electron chi connectivity index (χ1n) is 8.45. The molecule has 1 N–H and O–H groups in total. The lowest BCUT2D eigenvalue weighted by molar-refractivity contribution is 0.0952. The Labute approximate surface area is 158 Å². The van der Waals surface area contributed by atoms with Crippen LogP contribution in [0.2, 0.25) is 0 Å². The number of benzene rings is 2. The minimum atomic E-state index is -3.46. The number of para-hydroxylation sites is 1. The highest BCUT2D eigenvalue weighted by Crippen LogP contribution is 2.18. The van der Waals surface area contributed by atoms with Crippen molar-refractivity contribution < 1.29 is 13.2 Å². The molecule has 0 radical (unpaired) electrons. The maximum absolute atomic E-state index is 12.7. The van der Waals surface area contributed by atoms with Gasteiger partial charge in [0.15, 0.2) is 0 Å². The van der Waals surface area contributed by atoms with E-state index in [-0.39, 0.29) is 10.8 Å². The normalized spacial score (nSPS) is 11.7. The summed E-state index contributed by atoms with van der Waals surface area (Å²) in [7, 11) is -0.477. The molecule has 0 spiro atoms. The van der Waals surface area contributed by atoms with Crippen molar-refractivity contribution in [2.45, 2.75) is 18.4 Å². The number of nitrogens with one attached hydrogen (secondary N) is 1. The lowest BCUT2D eigenvalue weighted by Gasteiger charge is -2.12. The van der Waals surface area contributed by atoms with Crippen LogP contribution in [0.4, 0.5) is 0 Å². The molecule has 0 aliphatic heterocycles. The lowest BCUT2D eigenvalue weighted by Crippen LogP contribution is -2.24. The number of sulfonamides is 1. The van der Waals surface area contributed by atoms with E-state index in [0.29, 0.717) is 12.1 Å². The van der Waals surface area contributed by atoms with Crippen LogP contribution >= 0.6 is 0 Å². The summed E-state index contributed by atoms with van der Waals surface area (Å²) in [5.74, 6) is -0.193. The van der Waals surface area contributed by atoms with Crippen LogP contribution in [0.3, 0.4) is 0 Å². The smallest absolute Gasteiger partial charge is 0.252 e. The van der Waals surface area contributed by atoms with Crippen LogP contribution in [-0.4, -0.2) is 37.7 Å². The number of aromatic nitrogens is 1. The summed E-state index contributed by atoms with van der Waals surface area (Å²) >= 11 is 0. The highest BCUT2D eigenvalue weighted by Gasteiger charge is 2.17. The Morgan fingerprint density at radius 2 is 1.74 bits per heavy atom. The number of nitrogens with zero attached hydrogens (tertiary/aromatic N) is 2. The monoisotopic (exact) mass is 383 g/mol. The average molecular weight is 383 g/mol. The predicted octanol–water partition coefficient (Wildman–Crippen LogP) is 2.72. The van der Waals surface area contributed by atoms with Gasteiger partial charge in [-0.3, -0.25) is 9.78 Å². The summed E-state index contributed by atoms with van der Waals surface area (Å²) in [6.07, 6.45) is 0. The standard InChI is InChI=1S/C20H21N3O3S/c1-14-12-18(17-6-4-5-7-19(17)22-14)20(24)21-13-15-8-10-16(11-9-15)27(25,26)23(2)3/h4-12H,13H2,1-3H3,(H,21,24). The quantitative estimate of drug-likeness (QED) is 0.735. The summed E-state index contributed by atoms with van der Waals surface area (Å²) in [6.45, 7) is 2.16. The zero-order valence-electron chi connectivity index (χ0n) is 15.4. The summed E-state index contributed by atoms with van der Waals surface area (Å²) in [5, 5.41) is 3.69. The number of hydrogen-bond acceptors (Lipinski definition) is 4. The third-order valence-electron chi connectivity index (χ3n) is 4.24. The molecule has 0 bridgehead atoms. The molecule has 27 heavy (non-hydrogen) atoms. The van der Waals surface area contributed by atoms with E-state index in [0.717, 1.165) is 22.2 Å². The van der Waals surface area contributed by atoms with Crippen molar-refractivity contribution >= 4 is 26.8 Å². The molecule has 7 heteroatoms. The van der Waals surface area contributed by atoms with Crippen LogP contribution in [-0.2, 0) is 16.6 Å². The van der Waals surface area contributed by atoms with Crippen LogP contribution in [0, 0.1) is 6.92 Å². The lowest BCUT2D eigenvalue weighted by atomic mass is 10.1. The van der Waals surface area contributed by atoms with Gasteiger partial charge in [-0.15, -0.1) is 0 Å². The van der Waals surface area contributed by atoms with Gasteiger partial charge in [0, 0.05) is 31.7 Å². The number of pyridine rings is 1. The number of fused-ring (bicyclic) bond motifs is 1. The summed E-state index contributed by atoms with van der Waals surface area (Å²) in [4.78, 5) is 17.3. The molecule has 0 saturated carbocycles. The van der Waals surface area contributed by atoms with Crippen molar-refractivity contribution in [1.29, 1.82) is 0 Å². The number of amides is 1. The molecule has 1 amide bonds. The van der Waals surface area contributed by atoms with Gasteiger partial charge >= 0.3 is 0 Å².